The number of rotatable bonds is 7. The Bertz CT molecular complexity index is 630. The van der Waals surface area contributed by atoms with Crippen molar-refractivity contribution in [3.05, 3.63) is 59.7 Å². The molecular weight excluding hydrogens is 288 g/mol. The Morgan fingerprint density at radius 3 is 2.39 bits per heavy atom. The monoisotopic (exact) mass is 312 g/mol. The highest BCUT2D eigenvalue weighted by Crippen LogP contribution is 2.26. The average molecular weight is 312 g/mol. The van der Waals surface area contributed by atoms with Crippen LogP contribution < -0.4 is 4.74 Å². The third-order valence-corrected chi connectivity index (χ3v) is 3.36. The molecule has 0 saturated heterocycles. The fourth-order valence-electron chi connectivity index (χ4n) is 2.19. The Kier molecular flexibility index (Phi) is 6.21. The molecule has 2 rings (SSSR count). The molecule has 3 heteroatoms. The summed E-state index contributed by atoms with van der Waals surface area (Å²) in [6.45, 7) is 6.60. The second-order valence-electron chi connectivity index (χ2n) is 5.98. The van der Waals surface area contributed by atoms with Crippen LogP contribution in [0.5, 0.6) is 11.5 Å². The van der Waals surface area contributed by atoms with Gasteiger partial charge in [-0.15, -0.1) is 0 Å². The molecular formula is C20H24O3. The Labute approximate surface area is 138 Å². The topological polar surface area (TPSA) is 35.5 Å². The fraction of sp³-hybridized carbons (Fsp3) is 0.350. The SMILES string of the molecule is CCCc1ccccc1Oc1ccc(C(=O)OCC(C)C)cc1. The van der Waals surface area contributed by atoms with Gasteiger partial charge in [0.1, 0.15) is 11.5 Å². The van der Waals surface area contributed by atoms with Gasteiger partial charge in [-0.05, 0) is 48.2 Å². The van der Waals surface area contributed by atoms with Crippen molar-refractivity contribution in [2.45, 2.75) is 33.6 Å². The molecule has 23 heavy (non-hydrogen) atoms. The van der Waals surface area contributed by atoms with E-state index in [0.29, 0.717) is 23.8 Å². The van der Waals surface area contributed by atoms with Crippen LogP contribution in [0.2, 0.25) is 0 Å². The quantitative estimate of drug-likeness (QED) is 0.655. The lowest BCUT2D eigenvalue weighted by atomic mass is 10.1. The third-order valence-electron chi connectivity index (χ3n) is 3.36. The molecule has 2 aromatic carbocycles. The van der Waals surface area contributed by atoms with Crippen molar-refractivity contribution in [2.75, 3.05) is 6.61 Å². The highest BCUT2D eigenvalue weighted by molar-refractivity contribution is 5.89. The smallest absolute Gasteiger partial charge is 0.338 e. The van der Waals surface area contributed by atoms with Crippen molar-refractivity contribution in [3.63, 3.8) is 0 Å². The van der Waals surface area contributed by atoms with Gasteiger partial charge in [-0.3, -0.25) is 0 Å². The van der Waals surface area contributed by atoms with Crippen molar-refractivity contribution in [2.24, 2.45) is 5.92 Å². The lowest BCUT2D eigenvalue weighted by molar-refractivity contribution is 0.0459. The normalized spacial score (nSPS) is 10.6. The number of hydrogen-bond donors (Lipinski definition) is 0. The largest absolute Gasteiger partial charge is 0.462 e. The van der Waals surface area contributed by atoms with E-state index < -0.39 is 0 Å². The molecule has 0 fully saturated rings. The minimum atomic E-state index is -0.295. The Morgan fingerprint density at radius 2 is 1.74 bits per heavy atom. The first kappa shape index (κ1) is 17.1. The number of para-hydroxylation sites is 1. The number of carbonyl (C=O) groups is 1. The van der Waals surface area contributed by atoms with E-state index in [1.165, 1.54) is 5.56 Å². The van der Waals surface area contributed by atoms with Crippen LogP contribution in [0.4, 0.5) is 0 Å². The lowest BCUT2D eigenvalue weighted by Gasteiger charge is -2.11. The molecule has 0 atom stereocenters. The zero-order valence-corrected chi connectivity index (χ0v) is 14.0. The van der Waals surface area contributed by atoms with Gasteiger partial charge in [0.05, 0.1) is 12.2 Å². The zero-order valence-electron chi connectivity index (χ0n) is 14.0. The summed E-state index contributed by atoms with van der Waals surface area (Å²) in [5.74, 6) is 1.62. The number of aryl methyl sites for hydroxylation is 1. The van der Waals surface area contributed by atoms with Gasteiger partial charge in [-0.25, -0.2) is 4.79 Å². The van der Waals surface area contributed by atoms with Crippen molar-refractivity contribution in [3.8, 4) is 11.5 Å². The first-order valence-electron chi connectivity index (χ1n) is 8.13. The molecule has 0 radical (unpaired) electrons. The van der Waals surface area contributed by atoms with Gasteiger partial charge >= 0.3 is 5.97 Å². The molecule has 0 bridgehead atoms. The van der Waals surface area contributed by atoms with Crippen LogP contribution in [0, 0.1) is 5.92 Å². The summed E-state index contributed by atoms with van der Waals surface area (Å²) in [6, 6.07) is 15.1. The van der Waals surface area contributed by atoms with Crippen molar-refractivity contribution < 1.29 is 14.3 Å². The third kappa shape index (κ3) is 5.13. The molecule has 122 valence electrons. The van der Waals surface area contributed by atoms with Crippen molar-refractivity contribution in [1.82, 2.24) is 0 Å². The summed E-state index contributed by atoms with van der Waals surface area (Å²) < 4.78 is 11.2. The van der Waals surface area contributed by atoms with Gasteiger partial charge < -0.3 is 9.47 Å². The first-order chi connectivity index (χ1) is 11.1. The highest BCUT2D eigenvalue weighted by atomic mass is 16.5. The van der Waals surface area contributed by atoms with Crippen LogP contribution in [0.15, 0.2) is 48.5 Å². The van der Waals surface area contributed by atoms with E-state index >= 15 is 0 Å². The van der Waals surface area contributed by atoms with E-state index in [9.17, 15) is 4.79 Å². The maximum Gasteiger partial charge on any atom is 0.338 e. The number of esters is 1. The number of hydrogen-bond acceptors (Lipinski definition) is 3. The predicted molar refractivity (Wildman–Crippen MR) is 92.1 cm³/mol. The average Bonchev–Trinajstić information content (AvgIpc) is 2.55. The van der Waals surface area contributed by atoms with Gasteiger partial charge in [0.2, 0.25) is 0 Å². The van der Waals surface area contributed by atoms with E-state index in [-0.39, 0.29) is 5.97 Å². The van der Waals surface area contributed by atoms with Crippen LogP contribution in [0.1, 0.15) is 43.1 Å². The Balaban J connectivity index is 2.04. The lowest BCUT2D eigenvalue weighted by Crippen LogP contribution is -2.09. The maximum absolute atomic E-state index is 11.9. The van der Waals surface area contributed by atoms with E-state index in [4.69, 9.17) is 9.47 Å². The van der Waals surface area contributed by atoms with Crippen molar-refractivity contribution in [1.29, 1.82) is 0 Å². The Morgan fingerprint density at radius 1 is 1.04 bits per heavy atom. The van der Waals surface area contributed by atoms with E-state index in [1.807, 2.05) is 32.0 Å². The summed E-state index contributed by atoms with van der Waals surface area (Å²) in [5.41, 5.74) is 1.73. The Hall–Kier alpha value is -2.29. The van der Waals surface area contributed by atoms with Crippen LogP contribution >= 0.6 is 0 Å². The first-order valence-corrected chi connectivity index (χ1v) is 8.13. The van der Waals surface area contributed by atoms with Gasteiger partial charge in [-0.2, -0.15) is 0 Å². The standard InChI is InChI=1S/C20H24O3/c1-4-7-16-8-5-6-9-19(16)23-18-12-10-17(11-13-18)20(21)22-14-15(2)3/h5-6,8-13,15H,4,7,14H2,1-3H3. The second kappa shape index (κ2) is 8.37. The van der Waals surface area contributed by atoms with Crippen LogP contribution in [-0.4, -0.2) is 12.6 Å². The molecule has 0 aromatic heterocycles. The minimum Gasteiger partial charge on any atom is -0.462 e. The van der Waals surface area contributed by atoms with E-state index in [0.717, 1.165) is 18.6 Å². The molecule has 0 unspecified atom stereocenters. The summed E-state index contributed by atoms with van der Waals surface area (Å²) in [5, 5.41) is 0. The van der Waals surface area contributed by atoms with Crippen LogP contribution in [0.25, 0.3) is 0 Å². The molecule has 0 spiro atoms. The van der Waals surface area contributed by atoms with E-state index in [1.54, 1.807) is 24.3 Å². The van der Waals surface area contributed by atoms with Gasteiger partial charge in [0.25, 0.3) is 0 Å². The second-order valence-corrected chi connectivity index (χ2v) is 5.98. The fourth-order valence-corrected chi connectivity index (χ4v) is 2.19. The number of benzene rings is 2. The predicted octanol–water partition coefficient (Wildman–Crippen LogP) is 5.24. The molecule has 0 amide bonds. The van der Waals surface area contributed by atoms with Gasteiger partial charge in [0, 0.05) is 0 Å². The molecule has 0 heterocycles. The van der Waals surface area contributed by atoms with Crippen LogP contribution in [-0.2, 0) is 11.2 Å². The molecule has 0 aliphatic carbocycles. The van der Waals surface area contributed by atoms with E-state index in [2.05, 4.69) is 13.0 Å². The molecule has 3 nitrogen and oxygen atoms in total. The number of carbonyl (C=O) groups excluding carboxylic acids is 1. The van der Waals surface area contributed by atoms with Crippen molar-refractivity contribution >= 4 is 5.97 Å². The summed E-state index contributed by atoms with van der Waals surface area (Å²) in [4.78, 5) is 11.9. The molecule has 0 N–H and O–H groups in total. The molecule has 0 saturated carbocycles. The van der Waals surface area contributed by atoms with Crippen LogP contribution in [0.3, 0.4) is 0 Å². The summed E-state index contributed by atoms with van der Waals surface area (Å²) in [7, 11) is 0. The summed E-state index contributed by atoms with van der Waals surface area (Å²) >= 11 is 0. The molecule has 0 aliphatic heterocycles. The summed E-state index contributed by atoms with van der Waals surface area (Å²) in [6.07, 6.45) is 2.05. The highest BCUT2D eigenvalue weighted by Gasteiger charge is 2.09. The van der Waals surface area contributed by atoms with Gasteiger partial charge in [-0.1, -0.05) is 45.4 Å². The number of ether oxygens (including phenoxy) is 2. The molecule has 0 aliphatic rings. The maximum atomic E-state index is 11.9. The molecule has 2 aromatic rings. The minimum absolute atomic E-state index is 0.295. The zero-order chi connectivity index (χ0) is 16.7. The van der Waals surface area contributed by atoms with Gasteiger partial charge in [0.15, 0.2) is 0 Å².